The summed E-state index contributed by atoms with van der Waals surface area (Å²) in [5.74, 6) is 1.14. The number of hydrogen-bond acceptors (Lipinski definition) is 5. The SMILES string of the molecule is CC[C@H](c1nnc(SCC(=O)Nc2c(I)cc(I)cc2I)n1Cc1ccccc1)N(C)C. The van der Waals surface area contributed by atoms with Gasteiger partial charge in [0.15, 0.2) is 11.0 Å². The van der Waals surface area contributed by atoms with Gasteiger partial charge in [-0.25, -0.2) is 0 Å². The number of amides is 1. The second kappa shape index (κ2) is 12.3. The maximum absolute atomic E-state index is 12.7. The third-order valence-corrected chi connectivity index (χ3v) is 8.13. The average molecular weight is 787 g/mol. The predicted octanol–water partition coefficient (Wildman–Crippen LogP) is 5.88. The van der Waals surface area contributed by atoms with Crippen molar-refractivity contribution in [2.24, 2.45) is 0 Å². The number of halogens is 3. The topological polar surface area (TPSA) is 63.1 Å². The van der Waals surface area contributed by atoms with Gasteiger partial charge in [0.25, 0.3) is 0 Å². The molecule has 32 heavy (non-hydrogen) atoms. The highest BCUT2D eigenvalue weighted by Gasteiger charge is 2.23. The molecule has 0 fully saturated rings. The Kier molecular flexibility index (Phi) is 10.1. The van der Waals surface area contributed by atoms with Crippen LogP contribution in [0.15, 0.2) is 47.6 Å². The quantitative estimate of drug-likeness (QED) is 0.217. The van der Waals surface area contributed by atoms with Crippen molar-refractivity contribution in [2.75, 3.05) is 25.2 Å². The molecule has 1 atom stereocenters. The van der Waals surface area contributed by atoms with E-state index in [-0.39, 0.29) is 17.7 Å². The molecule has 0 bridgehead atoms. The number of anilines is 1. The Bertz CT molecular complexity index is 1050. The van der Waals surface area contributed by atoms with Gasteiger partial charge < -0.3 is 9.88 Å². The van der Waals surface area contributed by atoms with Crippen LogP contribution in [0.3, 0.4) is 0 Å². The lowest BCUT2D eigenvalue weighted by atomic mass is 10.2. The molecule has 1 heterocycles. The van der Waals surface area contributed by atoms with Crippen molar-refractivity contribution >= 4 is 91.1 Å². The summed E-state index contributed by atoms with van der Waals surface area (Å²) in [6.45, 7) is 2.82. The van der Waals surface area contributed by atoms with E-state index in [1.807, 2.05) is 18.2 Å². The minimum absolute atomic E-state index is 0.0532. The molecule has 0 aliphatic heterocycles. The van der Waals surface area contributed by atoms with E-state index >= 15 is 0 Å². The number of aromatic nitrogens is 3. The van der Waals surface area contributed by atoms with E-state index in [2.05, 4.69) is 138 Å². The van der Waals surface area contributed by atoms with Crippen LogP contribution in [0.25, 0.3) is 0 Å². The van der Waals surface area contributed by atoms with Gasteiger partial charge in [-0.3, -0.25) is 9.69 Å². The third-order valence-electron chi connectivity index (χ3n) is 4.84. The van der Waals surface area contributed by atoms with Gasteiger partial charge in [0, 0.05) is 10.7 Å². The first kappa shape index (κ1) is 26.2. The summed E-state index contributed by atoms with van der Waals surface area (Å²) in [4.78, 5) is 14.9. The largest absolute Gasteiger partial charge is 0.324 e. The first-order valence-electron chi connectivity index (χ1n) is 10.0. The van der Waals surface area contributed by atoms with Crippen molar-refractivity contribution in [3.63, 3.8) is 0 Å². The molecule has 170 valence electrons. The van der Waals surface area contributed by atoms with Crippen LogP contribution in [0.4, 0.5) is 5.69 Å². The molecule has 0 unspecified atom stereocenters. The fourth-order valence-corrected chi connectivity index (χ4v) is 7.91. The van der Waals surface area contributed by atoms with Gasteiger partial charge in [-0.15, -0.1) is 10.2 Å². The van der Waals surface area contributed by atoms with Crippen LogP contribution in [0.5, 0.6) is 0 Å². The fraction of sp³-hybridized carbons (Fsp3) is 0.318. The normalized spacial score (nSPS) is 12.2. The van der Waals surface area contributed by atoms with Crippen molar-refractivity contribution < 1.29 is 4.79 Å². The number of rotatable bonds is 9. The van der Waals surface area contributed by atoms with Crippen molar-refractivity contribution in [2.45, 2.75) is 31.1 Å². The number of benzene rings is 2. The second-order valence-corrected chi connectivity index (χ2v) is 11.9. The molecule has 6 nitrogen and oxygen atoms in total. The van der Waals surface area contributed by atoms with Crippen molar-refractivity contribution in [3.8, 4) is 0 Å². The third kappa shape index (κ3) is 6.79. The summed E-state index contributed by atoms with van der Waals surface area (Å²) < 4.78 is 5.35. The van der Waals surface area contributed by atoms with E-state index in [4.69, 9.17) is 0 Å². The first-order valence-corrected chi connectivity index (χ1v) is 14.2. The maximum Gasteiger partial charge on any atom is 0.234 e. The van der Waals surface area contributed by atoms with Crippen LogP contribution in [0.2, 0.25) is 0 Å². The van der Waals surface area contributed by atoms with Crippen LogP contribution in [0, 0.1) is 10.7 Å². The van der Waals surface area contributed by atoms with E-state index in [1.165, 1.54) is 17.3 Å². The Morgan fingerprint density at radius 2 is 1.78 bits per heavy atom. The molecule has 0 aliphatic carbocycles. The summed E-state index contributed by atoms with van der Waals surface area (Å²) in [6.07, 6.45) is 0.925. The summed E-state index contributed by atoms with van der Waals surface area (Å²) in [6, 6.07) is 14.6. The molecule has 2 aromatic carbocycles. The van der Waals surface area contributed by atoms with Gasteiger partial charge in [0.05, 0.1) is 24.0 Å². The van der Waals surface area contributed by atoms with Gasteiger partial charge >= 0.3 is 0 Å². The number of carbonyl (C=O) groups excluding carboxylic acids is 1. The van der Waals surface area contributed by atoms with E-state index in [9.17, 15) is 4.79 Å². The Morgan fingerprint density at radius 3 is 2.38 bits per heavy atom. The summed E-state index contributed by atoms with van der Waals surface area (Å²) in [5, 5.41) is 12.8. The van der Waals surface area contributed by atoms with Crippen molar-refractivity contribution in [1.29, 1.82) is 0 Å². The molecular weight excluding hydrogens is 763 g/mol. The van der Waals surface area contributed by atoms with Gasteiger partial charge in [-0.05, 0) is 106 Å². The second-order valence-electron chi connectivity index (χ2n) is 7.38. The molecule has 0 saturated heterocycles. The molecule has 1 amide bonds. The average Bonchev–Trinajstić information content (AvgIpc) is 3.12. The monoisotopic (exact) mass is 787 g/mol. The lowest BCUT2D eigenvalue weighted by molar-refractivity contribution is -0.113. The number of nitrogens with zero attached hydrogens (tertiary/aromatic N) is 4. The maximum atomic E-state index is 12.7. The highest BCUT2D eigenvalue weighted by atomic mass is 127. The molecule has 0 spiro atoms. The molecule has 3 rings (SSSR count). The van der Waals surface area contributed by atoms with Crippen molar-refractivity contribution in [3.05, 3.63) is 64.6 Å². The molecule has 0 saturated carbocycles. The Morgan fingerprint density at radius 1 is 1.12 bits per heavy atom. The van der Waals surface area contributed by atoms with Gasteiger partial charge in [0.2, 0.25) is 5.91 Å². The Hall–Kier alpha value is -0.450. The van der Waals surface area contributed by atoms with Gasteiger partial charge in [-0.2, -0.15) is 0 Å². The van der Waals surface area contributed by atoms with E-state index in [1.54, 1.807) is 0 Å². The molecule has 1 N–H and O–H groups in total. The number of carbonyl (C=O) groups is 1. The lowest BCUT2D eigenvalue weighted by Crippen LogP contribution is -2.23. The summed E-state index contributed by atoms with van der Waals surface area (Å²) in [5.41, 5.74) is 2.04. The number of nitrogens with one attached hydrogen (secondary N) is 1. The van der Waals surface area contributed by atoms with Crippen LogP contribution < -0.4 is 5.32 Å². The van der Waals surface area contributed by atoms with Gasteiger partial charge in [-0.1, -0.05) is 49.0 Å². The lowest BCUT2D eigenvalue weighted by Gasteiger charge is -2.23. The zero-order valence-corrected chi connectivity index (χ0v) is 25.3. The molecule has 1 aromatic heterocycles. The number of thioether (sulfide) groups is 1. The van der Waals surface area contributed by atoms with Crippen LogP contribution >= 0.6 is 79.5 Å². The highest BCUT2D eigenvalue weighted by Crippen LogP contribution is 2.29. The first-order chi connectivity index (χ1) is 15.3. The Balaban J connectivity index is 1.80. The predicted molar refractivity (Wildman–Crippen MR) is 156 cm³/mol. The van der Waals surface area contributed by atoms with Crippen molar-refractivity contribution in [1.82, 2.24) is 19.7 Å². The van der Waals surface area contributed by atoms with Crippen LogP contribution in [-0.2, 0) is 11.3 Å². The highest BCUT2D eigenvalue weighted by molar-refractivity contribution is 14.1. The Labute approximate surface area is 234 Å². The minimum Gasteiger partial charge on any atom is -0.324 e. The molecule has 3 aromatic rings. The standard InChI is InChI=1S/C22H24I3N5OS/c1-4-18(29(2)3)21-27-28-22(30(21)12-14-8-6-5-7-9-14)32-13-19(31)26-20-16(24)10-15(23)11-17(20)25/h5-11,18H,4,12-13H2,1-3H3,(H,26,31)/t18-/m1/s1. The molecular formula is C22H24I3N5OS. The summed E-state index contributed by atoms with van der Waals surface area (Å²) >= 11 is 8.23. The fourth-order valence-electron chi connectivity index (χ4n) is 3.31. The van der Waals surface area contributed by atoms with E-state index in [0.717, 1.165) is 33.8 Å². The summed E-state index contributed by atoms with van der Waals surface area (Å²) in [7, 11) is 4.11. The zero-order valence-electron chi connectivity index (χ0n) is 18.0. The van der Waals surface area contributed by atoms with Crippen LogP contribution in [-0.4, -0.2) is 45.4 Å². The molecule has 0 aliphatic rings. The molecule has 0 radical (unpaired) electrons. The van der Waals surface area contributed by atoms with E-state index in [0.29, 0.717) is 6.54 Å². The molecule has 10 heteroatoms. The smallest absolute Gasteiger partial charge is 0.234 e. The zero-order chi connectivity index (χ0) is 23.3. The van der Waals surface area contributed by atoms with E-state index < -0.39 is 0 Å². The van der Waals surface area contributed by atoms with Crippen LogP contribution in [0.1, 0.15) is 30.8 Å². The minimum atomic E-state index is -0.0532. The number of hydrogen-bond donors (Lipinski definition) is 1. The van der Waals surface area contributed by atoms with Gasteiger partial charge in [0.1, 0.15) is 0 Å².